The van der Waals surface area contributed by atoms with Crippen LogP contribution in [0.1, 0.15) is 32.3 Å². The number of rotatable bonds is 3. The lowest BCUT2D eigenvalue weighted by atomic mass is 10.1. The number of amides is 1. The molecule has 0 unspecified atom stereocenters. The van der Waals surface area contributed by atoms with Crippen LogP contribution < -0.4 is 0 Å². The molecule has 0 radical (unpaired) electrons. The standard InChI is InChI=1S/C12H15NO/c1-3-7-12(13-10(2)14)11-8-5-4-6-9-11/h4-6,8-9H,3,7H2,1-2H3. The van der Waals surface area contributed by atoms with Crippen molar-refractivity contribution < 1.29 is 4.79 Å². The third-order valence-corrected chi connectivity index (χ3v) is 1.89. The van der Waals surface area contributed by atoms with Crippen molar-refractivity contribution in [3.8, 4) is 0 Å². The highest BCUT2D eigenvalue weighted by Gasteiger charge is 2.02. The average molecular weight is 189 g/mol. The van der Waals surface area contributed by atoms with Gasteiger partial charge in [0.15, 0.2) is 0 Å². The van der Waals surface area contributed by atoms with E-state index in [4.69, 9.17) is 0 Å². The summed E-state index contributed by atoms with van der Waals surface area (Å²) in [5, 5.41) is 0. The highest BCUT2D eigenvalue weighted by molar-refractivity contribution is 6.06. The first kappa shape index (κ1) is 10.6. The molecule has 0 saturated carbocycles. The van der Waals surface area contributed by atoms with Gasteiger partial charge in [0, 0.05) is 6.92 Å². The first-order valence-corrected chi connectivity index (χ1v) is 4.87. The molecule has 2 nitrogen and oxygen atoms in total. The lowest BCUT2D eigenvalue weighted by Gasteiger charge is -2.03. The van der Waals surface area contributed by atoms with Crippen LogP contribution in [0.15, 0.2) is 35.3 Å². The van der Waals surface area contributed by atoms with Crippen LogP contribution in [0.2, 0.25) is 0 Å². The number of aliphatic imine (C=N–C) groups is 1. The molecular weight excluding hydrogens is 174 g/mol. The zero-order valence-electron chi connectivity index (χ0n) is 8.66. The molecule has 0 saturated heterocycles. The van der Waals surface area contributed by atoms with E-state index >= 15 is 0 Å². The molecule has 0 aliphatic rings. The summed E-state index contributed by atoms with van der Waals surface area (Å²) in [6, 6.07) is 9.84. The van der Waals surface area contributed by atoms with E-state index in [1.807, 2.05) is 30.3 Å². The zero-order chi connectivity index (χ0) is 10.4. The number of hydrogen-bond donors (Lipinski definition) is 0. The minimum absolute atomic E-state index is 0.127. The van der Waals surface area contributed by atoms with E-state index in [1.54, 1.807) is 0 Å². The van der Waals surface area contributed by atoms with E-state index in [9.17, 15) is 4.79 Å². The maximum absolute atomic E-state index is 10.9. The van der Waals surface area contributed by atoms with Gasteiger partial charge in [0.2, 0.25) is 5.91 Å². The molecule has 0 atom stereocenters. The first-order valence-electron chi connectivity index (χ1n) is 4.87. The summed E-state index contributed by atoms with van der Waals surface area (Å²) in [5.74, 6) is -0.127. The maximum Gasteiger partial charge on any atom is 0.242 e. The van der Waals surface area contributed by atoms with Gasteiger partial charge in [-0.2, -0.15) is 0 Å². The van der Waals surface area contributed by atoms with Gasteiger partial charge in [0.05, 0.1) is 5.71 Å². The smallest absolute Gasteiger partial charge is 0.242 e. The summed E-state index contributed by atoms with van der Waals surface area (Å²) < 4.78 is 0. The van der Waals surface area contributed by atoms with Crippen LogP contribution in [0.25, 0.3) is 0 Å². The van der Waals surface area contributed by atoms with E-state index in [2.05, 4.69) is 11.9 Å². The summed E-state index contributed by atoms with van der Waals surface area (Å²) in [7, 11) is 0. The molecule has 0 spiro atoms. The van der Waals surface area contributed by atoms with Crippen LogP contribution in [0.5, 0.6) is 0 Å². The van der Waals surface area contributed by atoms with Gasteiger partial charge in [-0.3, -0.25) is 4.79 Å². The Morgan fingerprint density at radius 1 is 1.29 bits per heavy atom. The second-order valence-corrected chi connectivity index (χ2v) is 3.19. The minimum atomic E-state index is -0.127. The highest BCUT2D eigenvalue weighted by Crippen LogP contribution is 2.06. The summed E-state index contributed by atoms with van der Waals surface area (Å²) in [5.41, 5.74) is 1.94. The van der Waals surface area contributed by atoms with Crippen molar-refractivity contribution in [1.82, 2.24) is 0 Å². The van der Waals surface area contributed by atoms with Crippen LogP contribution in [0.4, 0.5) is 0 Å². The third kappa shape index (κ3) is 3.13. The van der Waals surface area contributed by atoms with Crippen molar-refractivity contribution in [2.75, 3.05) is 0 Å². The van der Waals surface area contributed by atoms with Crippen molar-refractivity contribution in [1.29, 1.82) is 0 Å². The van der Waals surface area contributed by atoms with Crippen LogP contribution in [-0.2, 0) is 4.79 Å². The molecule has 0 N–H and O–H groups in total. The van der Waals surface area contributed by atoms with Crippen molar-refractivity contribution in [2.45, 2.75) is 26.7 Å². The Hall–Kier alpha value is -1.44. The van der Waals surface area contributed by atoms with Gasteiger partial charge in [-0.15, -0.1) is 0 Å². The Morgan fingerprint density at radius 2 is 1.93 bits per heavy atom. The van der Waals surface area contributed by atoms with E-state index in [0.29, 0.717) is 0 Å². The predicted octanol–water partition coefficient (Wildman–Crippen LogP) is 2.82. The van der Waals surface area contributed by atoms with Crippen LogP contribution >= 0.6 is 0 Å². The molecule has 0 aliphatic carbocycles. The van der Waals surface area contributed by atoms with Gasteiger partial charge in [0.25, 0.3) is 0 Å². The van der Waals surface area contributed by atoms with Crippen molar-refractivity contribution in [2.24, 2.45) is 4.99 Å². The van der Waals surface area contributed by atoms with Gasteiger partial charge in [-0.1, -0.05) is 43.7 Å². The van der Waals surface area contributed by atoms with E-state index in [-0.39, 0.29) is 5.91 Å². The fourth-order valence-electron chi connectivity index (χ4n) is 1.32. The molecule has 1 amide bonds. The molecule has 2 heteroatoms. The molecule has 0 fully saturated rings. The Bertz CT molecular complexity index is 327. The van der Waals surface area contributed by atoms with Gasteiger partial charge in [-0.25, -0.2) is 4.99 Å². The molecule has 0 bridgehead atoms. The van der Waals surface area contributed by atoms with E-state index < -0.39 is 0 Å². The molecule has 1 aromatic carbocycles. The van der Waals surface area contributed by atoms with Crippen molar-refractivity contribution in [3.05, 3.63) is 35.9 Å². The van der Waals surface area contributed by atoms with Crippen LogP contribution in [0.3, 0.4) is 0 Å². The van der Waals surface area contributed by atoms with Crippen molar-refractivity contribution in [3.63, 3.8) is 0 Å². The van der Waals surface area contributed by atoms with Gasteiger partial charge >= 0.3 is 0 Å². The SMILES string of the molecule is CCCC(=NC(C)=O)c1ccccc1. The number of carbonyl (C=O) groups excluding carboxylic acids is 1. The zero-order valence-corrected chi connectivity index (χ0v) is 8.66. The molecule has 0 aliphatic heterocycles. The van der Waals surface area contributed by atoms with Crippen molar-refractivity contribution >= 4 is 11.6 Å². The number of nitrogens with zero attached hydrogens (tertiary/aromatic N) is 1. The normalized spacial score (nSPS) is 11.4. The van der Waals surface area contributed by atoms with Gasteiger partial charge in [-0.05, 0) is 12.0 Å². The summed E-state index contributed by atoms with van der Waals surface area (Å²) in [4.78, 5) is 14.9. The first-order chi connectivity index (χ1) is 6.74. The molecule has 74 valence electrons. The molecule has 0 heterocycles. The second-order valence-electron chi connectivity index (χ2n) is 3.19. The monoisotopic (exact) mass is 189 g/mol. The second kappa shape index (κ2) is 5.32. The highest BCUT2D eigenvalue weighted by atomic mass is 16.1. The number of benzene rings is 1. The van der Waals surface area contributed by atoms with Crippen LogP contribution in [0, 0.1) is 0 Å². The van der Waals surface area contributed by atoms with E-state index in [0.717, 1.165) is 24.1 Å². The van der Waals surface area contributed by atoms with Crippen LogP contribution in [-0.4, -0.2) is 11.6 Å². The predicted molar refractivity (Wildman–Crippen MR) is 58.6 cm³/mol. The third-order valence-electron chi connectivity index (χ3n) is 1.89. The number of hydrogen-bond acceptors (Lipinski definition) is 1. The minimum Gasteiger partial charge on any atom is -0.273 e. The molecule has 14 heavy (non-hydrogen) atoms. The Labute approximate surface area is 84.7 Å². The Morgan fingerprint density at radius 3 is 2.43 bits per heavy atom. The molecule has 0 aromatic heterocycles. The number of carbonyl (C=O) groups is 1. The largest absolute Gasteiger partial charge is 0.273 e. The Balaban J connectivity index is 2.94. The maximum atomic E-state index is 10.9. The fourth-order valence-corrected chi connectivity index (χ4v) is 1.32. The quantitative estimate of drug-likeness (QED) is 0.672. The molecule has 1 aromatic rings. The lowest BCUT2D eigenvalue weighted by molar-refractivity contribution is -0.115. The summed E-state index contributed by atoms with van der Waals surface area (Å²) in [6.07, 6.45) is 1.85. The molecule has 1 rings (SSSR count). The summed E-state index contributed by atoms with van der Waals surface area (Å²) >= 11 is 0. The fraction of sp³-hybridized carbons (Fsp3) is 0.333. The van der Waals surface area contributed by atoms with Gasteiger partial charge < -0.3 is 0 Å². The summed E-state index contributed by atoms with van der Waals surface area (Å²) in [6.45, 7) is 3.57. The topological polar surface area (TPSA) is 29.4 Å². The average Bonchev–Trinajstić information content (AvgIpc) is 2.18. The lowest BCUT2D eigenvalue weighted by Crippen LogP contribution is -2.03. The Kier molecular flexibility index (Phi) is 4.05. The van der Waals surface area contributed by atoms with Gasteiger partial charge in [0.1, 0.15) is 0 Å². The van der Waals surface area contributed by atoms with E-state index in [1.165, 1.54) is 6.92 Å². The molecular formula is C12H15NO.